The topological polar surface area (TPSA) is 48.9 Å². The summed E-state index contributed by atoms with van der Waals surface area (Å²) < 4.78 is 5.35. The van der Waals surface area contributed by atoms with E-state index >= 15 is 0 Å². The standard InChI is InChI=1S/C19H28N4OS.HI/c1-20-19(21-11-10-17-9-6-12-25-17)22-14-18(23(2)3)15-7-5-8-16(13-15)24-4;/h5-9,12-13,18H,10-11,14H2,1-4H3,(H2,20,21,22);1H. The van der Waals surface area contributed by atoms with Crippen LogP contribution in [0.4, 0.5) is 0 Å². The first-order valence-electron chi connectivity index (χ1n) is 8.41. The van der Waals surface area contributed by atoms with Crippen LogP contribution in [-0.4, -0.2) is 52.2 Å². The quantitative estimate of drug-likeness (QED) is 0.340. The predicted octanol–water partition coefficient (Wildman–Crippen LogP) is 3.39. The summed E-state index contributed by atoms with van der Waals surface area (Å²) in [4.78, 5) is 7.90. The smallest absolute Gasteiger partial charge is 0.191 e. The Morgan fingerprint density at radius 1 is 1.23 bits per heavy atom. The first-order valence-corrected chi connectivity index (χ1v) is 9.29. The van der Waals surface area contributed by atoms with Crippen molar-refractivity contribution in [1.29, 1.82) is 0 Å². The van der Waals surface area contributed by atoms with Crippen molar-refractivity contribution in [3.05, 3.63) is 52.2 Å². The van der Waals surface area contributed by atoms with Gasteiger partial charge in [-0.25, -0.2) is 0 Å². The minimum atomic E-state index is 0. The number of guanidine groups is 1. The number of rotatable bonds is 8. The molecule has 0 amide bonds. The van der Waals surface area contributed by atoms with Crippen molar-refractivity contribution in [2.45, 2.75) is 12.5 Å². The summed E-state index contributed by atoms with van der Waals surface area (Å²) in [5.74, 6) is 1.70. The number of nitrogens with zero attached hydrogens (tertiary/aromatic N) is 2. The van der Waals surface area contributed by atoms with E-state index in [4.69, 9.17) is 4.74 Å². The summed E-state index contributed by atoms with van der Waals surface area (Å²) in [5, 5.41) is 8.91. The third-order valence-corrected chi connectivity index (χ3v) is 4.97. The van der Waals surface area contributed by atoms with Gasteiger partial charge in [0, 0.05) is 25.0 Å². The summed E-state index contributed by atoms with van der Waals surface area (Å²) in [7, 11) is 7.66. The highest BCUT2D eigenvalue weighted by Gasteiger charge is 2.15. The molecule has 0 saturated heterocycles. The van der Waals surface area contributed by atoms with Crippen LogP contribution in [0.5, 0.6) is 5.75 Å². The number of halogens is 1. The van der Waals surface area contributed by atoms with Crippen LogP contribution in [0, 0.1) is 0 Å². The van der Waals surface area contributed by atoms with Crippen molar-refractivity contribution in [1.82, 2.24) is 15.5 Å². The molecule has 1 aromatic heterocycles. The lowest BCUT2D eigenvalue weighted by Gasteiger charge is -2.26. The summed E-state index contributed by atoms with van der Waals surface area (Å²) in [6.07, 6.45) is 1.01. The monoisotopic (exact) mass is 488 g/mol. The molecule has 0 fully saturated rings. The van der Waals surface area contributed by atoms with Crippen molar-refractivity contribution < 1.29 is 4.74 Å². The van der Waals surface area contributed by atoms with E-state index in [0.717, 1.165) is 31.2 Å². The van der Waals surface area contributed by atoms with Gasteiger partial charge in [-0.2, -0.15) is 0 Å². The van der Waals surface area contributed by atoms with Crippen LogP contribution >= 0.6 is 35.3 Å². The molecule has 0 saturated carbocycles. The highest BCUT2D eigenvalue weighted by Crippen LogP contribution is 2.22. The molecule has 0 spiro atoms. The number of nitrogens with one attached hydrogen (secondary N) is 2. The van der Waals surface area contributed by atoms with Crippen LogP contribution in [0.2, 0.25) is 0 Å². The molecule has 1 unspecified atom stereocenters. The second kappa shape index (κ2) is 12.1. The van der Waals surface area contributed by atoms with Crippen LogP contribution in [-0.2, 0) is 6.42 Å². The van der Waals surface area contributed by atoms with E-state index in [-0.39, 0.29) is 30.0 Å². The zero-order valence-electron chi connectivity index (χ0n) is 15.9. The average Bonchev–Trinajstić information content (AvgIpc) is 3.13. The van der Waals surface area contributed by atoms with Crippen molar-refractivity contribution in [2.24, 2.45) is 4.99 Å². The Bertz CT molecular complexity index is 661. The van der Waals surface area contributed by atoms with Crippen LogP contribution in [0.25, 0.3) is 0 Å². The number of methoxy groups -OCH3 is 1. The van der Waals surface area contributed by atoms with Gasteiger partial charge in [-0.1, -0.05) is 18.2 Å². The highest BCUT2D eigenvalue weighted by atomic mass is 127. The van der Waals surface area contributed by atoms with Crippen molar-refractivity contribution in [3.8, 4) is 5.75 Å². The molecule has 0 bridgehead atoms. The van der Waals surface area contributed by atoms with Crippen LogP contribution in [0.3, 0.4) is 0 Å². The maximum absolute atomic E-state index is 5.35. The molecule has 0 aliphatic heterocycles. The van der Waals surface area contributed by atoms with Crippen molar-refractivity contribution in [3.63, 3.8) is 0 Å². The highest BCUT2D eigenvalue weighted by molar-refractivity contribution is 14.0. The maximum atomic E-state index is 5.35. The van der Waals surface area contributed by atoms with Crippen LogP contribution < -0.4 is 15.4 Å². The van der Waals surface area contributed by atoms with Gasteiger partial charge < -0.3 is 20.3 Å². The molecule has 0 aliphatic rings. The number of benzene rings is 1. The van der Waals surface area contributed by atoms with Gasteiger partial charge in [0.15, 0.2) is 5.96 Å². The van der Waals surface area contributed by atoms with Gasteiger partial charge in [-0.3, -0.25) is 4.99 Å². The molecular formula is C19H29IN4OS. The van der Waals surface area contributed by atoms with E-state index in [2.05, 4.69) is 64.3 Å². The zero-order chi connectivity index (χ0) is 18.1. The fraction of sp³-hybridized carbons (Fsp3) is 0.421. The maximum Gasteiger partial charge on any atom is 0.191 e. The summed E-state index contributed by atoms with van der Waals surface area (Å²) in [6, 6.07) is 12.7. The van der Waals surface area contributed by atoms with Gasteiger partial charge in [-0.05, 0) is 49.7 Å². The third-order valence-electron chi connectivity index (χ3n) is 4.03. The van der Waals surface area contributed by atoms with Gasteiger partial charge in [0.2, 0.25) is 0 Å². The van der Waals surface area contributed by atoms with Gasteiger partial charge in [-0.15, -0.1) is 35.3 Å². The Labute approximate surface area is 177 Å². The number of likely N-dealkylation sites (N-methyl/N-ethyl adjacent to an activating group) is 1. The zero-order valence-corrected chi connectivity index (χ0v) is 19.0. The summed E-state index contributed by atoms with van der Waals surface area (Å²) in [6.45, 7) is 1.63. The molecule has 2 aromatic rings. The van der Waals surface area contributed by atoms with Gasteiger partial charge >= 0.3 is 0 Å². The molecule has 2 rings (SSSR count). The molecule has 7 heteroatoms. The molecule has 1 heterocycles. The van der Waals surface area contributed by atoms with E-state index < -0.39 is 0 Å². The Morgan fingerprint density at radius 2 is 2.04 bits per heavy atom. The van der Waals surface area contributed by atoms with E-state index in [0.29, 0.717) is 0 Å². The minimum absolute atomic E-state index is 0. The molecule has 5 nitrogen and oxygen atoms in total. The second-order valence-corrected chi connectivity index (χ2v) is 7.00. The Hall–Kier alpha value is -1.32. The lowest BCUT2D eigenvalue weighted by atomic mass is 10.1. The average molecular weight is 488 g/mol. The SMILES string of the molecule is CN=C(NCCc1cccs1)NCC(c1cccc(OC)c1)N(C)C.I. The summed E-state index contributed by atoms with van der Waals surface area (Å²) >= 11 is 1.79. The molecule has 1 atom stereocenters. The van der Waals surface area contributed by atoms with Gasteiger partial charge in [0.05, 0.1) is 13.2 Å². The molecule has 0 aliphatic carbocycles. The van der Waals surface area contributed by atoms with Crippen molar-refractivity contribution >= 4 is 41.3 Å². The van der Waals surface area contributed by atoms with Gasteiger partial charge in [0.1, 0.15) is 5.75 Å². The largest absolute Gasteiger partial charge is 0.497 e. The number of hydrogen-bond donors (Lipinski definition) is 2. The van der Waals surface area contributed by atoms with E-state index in [1.54, 1.807) is 25.5 Å². The van der Waals surface area contributed by atoms with E-state index in [1.807, 2.05) is 12.1 Å². The lowest BCUT2D eigenvalue weighted by Crippen LogP contribution is -2.42. The first kappa shape index (κ1) is 22.7. The molecule has 144 valence electrons. The fourth-order valence-electron chi connectivity index (χ4n) is 2.62. The van der Waals surface area contributed by atoms with Crippen molar-refractivity contribution in [2.75, 3.05) is 41.3 Å². The van der Waals surface area contributed by atoms with Gasteiger partial charge in [0.25, 0.3) is 0 Å². The third kappa shape index (κ3) is 7.13. The molecule has 1 aromatic carbocycles. The number of thiophene rings is 1. The Morgan fingerprint density at radius 3 is 2.65 bits per heavy atom. The second-order valence-electron chi connectivity index (χ2n) is 5.97. The number of ether oxygens (including phenoxy) is 1. The first-order chi connectivity index (χ1) is 12.1. The number of aliphatic imine (C=N–C) groups is 1. The Kier molecular flexibility index (Phi) is 10.6. The summed E-state index contributed by atoms with van der Waals surface area (Å²) in [5.41, 5.74) is 1.21. The van der Waals surface area contributed by atoms with Crippen LogP contribution in [0.1, 0.15) is 16.5 Å². The van der Waals surface area contributed by atoms with Crippen LogP contribution in [0.15, 0.2) is 46.8 Å². The lowest BCUT2D eigenvalue weighted by molar-refractivity contribution is 0.297. The molecule has 26 heavy (non-hydrogen) atoms. The fourth-order valence-corrected chi connectivity index (χ4v) is 3.33. The molecular weight excluding hydrogens is 459 g/mol. The normalized spacial score (nSPS) is 12.4. The minimum Gasteiger partial charge on any atom is -0.497 e. The Balaban J connectivity index is 0.00000338. The number of hydrogen-bond acceptors (Lipinski definition) is 4. The predicted molar refractivity (Wildman–Crippen MR) is 122 cm³/mol. The van der Waals surface area contributed by atoms with E-state index in [1.165, 1.54) is 10.4 Å². The molecule has 2 N–H and O–H groups in total. The molecule has 0 radical (unpaired) electrons. The van der Waals surface area contributed by atoms with E-state index in [9.17, 15) is 0 Å².